The summed E-state index contributed by atoms with van der Waals surface area (Å²) in [6.45, 7) is 3.42. The van der Waals surface area contributed by atoms with Crippen LogP contribution in [0.4, 0.5) is 5.69 Å². The molecule has 2 aromatic carbocycles. The molecule has 0 aliphatic carbocycles. The summed E-state index contributed by atoms with van der Waals surface area (Å²) < 4.78 is 10.8. The largest absolute Gasteiger partial charge is 0.481 e. The summed E-state index contributed by atoms with van der Waals surface area (Å²) in [4.78, 5) is 23.8. The van der Waals surface area contributed by atoms with Crippen LogP contribution in [0.5, 0.6) is 5.75 Å². The van der Waals surface area contributed by atoms with Crippen LogP contribution in [0.3, 0.4) is 0 Å². The molecule has 3 aromatic rings. The predicted molar refractivity (Wildman–Crippen MR) is 97.1 cm³/mol. The number of rotatable bonds is 4. The molecule has 1 N–H and O–H groups in total. The van der Waals surface area contributed by atoms with Crippen molar-refractivity contribution >= 4 is 22.6 Å². The summed E-state index contributed by atoms with van der Waals surface area (Å²) in [5.41, 5.74) is 1.56. The van der Waals surface area contributed by atoms with E-state index < -0.39 is 17.6 Å². The smallest absolute Gasteiger partial charge is 0.336 e. The number of carbonyl (C=O) groups excluding carboxylic acids is 1. The number of para-hydroxylation sites is 1. The molecule has 0 saturated carbocycles. The Hall–Kier alpha value is -3.59. The quantitative estimate of drug-likeness (QED) is 0.730. The van der Waals surface area contributed by atoms with E-state index in [1.54, 1.807) is 49.4 Å². The van der Waals surface area contributed by atoms with E-state index in [9.17, 15) is 9.59 Å². The number of aryl methyl sites for hydroxylation is 1. The number of ether oxygens (including phenoxy) is 1. The molecule has 1 heterocycles. The summed E-state index contributed by atoms with van der Waals surface area (Å²) in [6.07, 6.45) is -0.810. The standard InChI is InChI=1S/C20H16N2O4/c1-12-9-19(23)26-18-10-15(7-8-16(12)18)25-13(2)20(24)22-17-6-4-3-5-14(17)11-21/h3-10,13H,1-2H3,(H,22,24)/t13-/m1/s1. The number of hydrogen-bond donors (Lipinski definition) is 1. The second-order valence-corrected chi connectivity index (χ2v) is 5.81. The van der Waals surface area contributed by atoms with Crippen molar-refractivity contribution in [3.63, 3.8) is 0 Å². The van der Waals surface area contributed by atoms with Crippen LogP contribution in [-0.4, -0.2) is 12.0 Å². The zero-order chi connectivity index (χ0) is 18.7. The molecule has 0 bridgehead atoms. The summed E-state index contributed by atoms with van der Waals surface area (Å²) in [5.74, 6) is 0.0148. The number of nitrogens with one attached hydrogen (secondary N) is 1. The van der Waals surface area contributed by atoms with Gasteiger partial charge in [0, 0.05) is 17.5 Å². The van der Waals surface area contributed by atoms with Crippen molar-refractivity contribution in [2.24, 2.45) is 0 Å². The van der Waals surface area contributed by atoms with E-state index in [0.717, 1.165) is 10.9 Å². The van der Waals surface area contributed by atoms with E-state index in [2.05, 4.69) is 5.32 Å². The van der Waals surface area contributed by atoms with Crippen molar-refractivity contribution < 1.29 is 13.9 Å². The van der Waals surface area contributed by atoms with Crippen molar-refractivity contribution in [1.29, 1.82) is 5.26 Å². The number of nitriles is 1. The molecule has 0 aliphatic rings. The zero-order valence-electron chi connectivity index (χ0n) is 14.3. The van der Waals surface area contributed by atoms with Gasteiger partial charge in [-0.2, -0.15) is 5.26 Å². The van der Waals surface area contributed by atoms with E-state index in [0.29, 0.717) is 22.6 Å². The van der Waals surface area contributed by atoms with Crippen LogP contribution in [-0.2, 0) is 4.79 Å². The molecule has 1 atom stereocenters. The fourth-order valence-electron chi connectivity index (χ4n) is 2.56. The average Bonchev–Trinajstić information content (AvgIpc) is 2.61. The van der Waals surface area contributed by atoms with Gasteiger partial charge in [0.05, 0.1) is 11.3 Å². The molecule has 0 unspecified atom stereocenters. The van der Waals surface area contributed by atoms with Crippen molar-refractivity contribution in [1.82, 2.24) is 0 Å². The number of benzene rings is 2. The van der Waals surface area contributed by atoms with E-state index in [4.69, 9.17) is 14.4 Å². The first-order valence-corrected chi connectivity index (χ1v) is 7.99. The molecule has 0 radical (unpaired) electrons. The molecule has 3 rings (SSSR count). The topological polar surface area (TPSA) is 92.3 Å². The maximum atomic E-state index is 12.3. The van der Waals surface area contributed by atoms with Gasteiger partial charge in [-0.05, 0) is 43.7 Å². The van der Waals surface area contributed by atoms with Crippen molar-refractivity contribution in [2.75, 3.05) is 5.32 Å². The first kappa shape index (κ1) is 17.2. The molecule has 130 valence electrons. The average molecular weight is 348 g/mol. The molecular weight excluding hydrogens is 332 g/mol. The van der Waals surface area contributed by atoms with Crippen LogP contribution in [0, 0.1) is 18.3 Å². The molecule has 1 aromatic heterocycles. The lowest BCUT2D eigenvalue weighted by molar-refractivity contribution is -0.122. The van der Waals surface area contributed by atoms with Crippen LogP contribution in [0.15, 0.2) is 57.7 Å². The number of amides is 1. The van der Waals surface area contributed by atoms with Gasteiger partial charge in [0.15, 0.2) is 6.10 Å². The monoisotopic (exact) mass is 348 g/mol. The Kier molecular flexibility index (Phi) is 4.72. The lowest BCUT2D eigenvalue weighted by atomic mass is 10.1. The van der Waals surface area contributed by atoms with Crippen LogP contribution in [0.2, 0.25) is 0 Å². The number of fused-ring (bicyclic) bond motifs is 1. The van der Waals surface area contributed by atoms with Crippen LogP contribution >= 0.6 is 0 Å². The van der Waals surface area contributed by atoms with Gasteiger partial charge in [-0.15, -0.1) is 0 Å². The van der Waals surface area contributed by atoms with Gasteiger partial charge in [-0.3, -0.25) is 4.79 Å². The Balaban J connectivity index is 1.78. The molecule has 6 nitrogen and oxygen atoms in total. The number of anilines is 1. The van der Waals surface area contributed by atoms with E-state index >= 15 is 0 Å². The Morgan fingerprint density at radius 1 is 1.23 bits per heavy atom. The Bertz CT molecular complexity index is 1080. The SMILES string of the molecule is Cc1cc(=O)oc2cc(O[C@H](C)C(=O)Nc3ccccc3C#N)ccc12. The molecule has 0 fully saturated rings. The van der Waals surface area contributed by atoms with E-state index in [-0.39, 0.29) is 0 Å². The Morgan fingerprint density at radius 3 is 2.77 bits per heavy atom. The first-order chi connectivity index (χ1) is 12.5. The predicted octanol–water partition coefficient (Wildman–Crippen LogP) is 3.38. The summed E-state index contributed by atoms with van der Waals surface area (Å²) in [5, 5.41) is 12.6. The highest BCUT2D eigenvalue weighted by Gasteiger charge is 2.17. The maximum Gasteiger partial charge on any atom is 0.336 e. The number of carbonyl (C=O) groups is 1. The van der Waals surface area contributed by atoms with E-state index in [1.165, 1.54) is 6.07 Å². The molecule has 6 heteroatoms. The van der Waals surface area contributed by atoms with Gasteiger partial charge in [-0.25, -0.2) is 4.79 Å². The van der Waals surface area contributed by atoms with Gasteiger partial charge in [-0.1, -0.05) is 12.1 Å². The molecule has 0 spiro atoms. The summed E-state index contributed by atoms with van der Waals surface area (Å²) in [7, 11) is 0. The highest BCUT2D eigenvalue weighted by molar-refractivity contribution is 5.95. The van der Waals surface area contributed by atoms with Gasteiger partial charge in [0.1, 0.15) is 17.4 Å². The normalized spacial score (nSPS) is 11.6. The third-order valence-electron chi connectivity index (χ3n) is 3.91. The summed E-state index contributed by atoms with van der Waals surface area (Å²) >= 11 is 0. The molecular formula is C20H16N2O4. The van der Waals surface area contributed by atoms with Gasteiger partial charge < -0.3 is 14.5 Å². The minimum absolute atomic E-state index is 0.371. The van der Waals surface area contributed by atoms with Crippen molar-refractivity contribution in [2.45, 2.75) is 20.0 Å². The van der Waals surface area contributed by atoms with Gasteiger partial charge >= 0.3 is 5.63 Å². The van der Waals surface area contributed by atoms with Crippen LogP contribution < -0.4 is 15.7 Å². The molecule has 26 heavy (non-hydrogen) atoms. The third kappa shape index (κ3) is 3.57. The van der Waals surface area contributed by atoms with Gasteiger partial charge in [0.25, 0.3) is 5.91 Å². The highest BCUT2D eigenvalue weighted by atomic mass is 16.5. The second-order valence-electron chi connectivity index (χ2n) is 5.81. The number of hydrogen-bond acceptors (Lipinski definition) is 5. The molecule has 0 aliphatic heterocycles. The maximum absolute atomic E-state index is 12.3. The van der Waals surface area contributed by atoms with Crippen molar-refractivity contribution in [3.8, 4) is 11.8 Å². The fourth-order valence-corrected chi connectivity index (χ4v) is 2.56. The molecule has 0 saturated heterocycles. The van der Waals surface area contributed by atoms with Gasteiger partial charge in [0.2, 0.25) is 0 Å². The third-order valence-corrected chi connectivity index (χ3v) is 3.91. The fraction of sp³-hybridized carbons (Fsp3) is 0.150. The van der Waals surface area contributed by atoms with Crippen LogP contribution in [0.1, 0.15) is 18.1 Å². The zero-order valence-corrected chi connectivity index (χ0v) is 14.3. The Labute approximate surface area is 149 Å². The van der Waals surface area contributed by atoms with E-state index in [1.807, 2.05) is 13.0 Å². The number of nitrogens with zero attached hydrogens (tertiary/aromatic N) is 1. The molecule has 1 amide bonds. The first-order valence-electron chi connectivity index (χ1n) is 7.99. The second kappa shape index (κ2) is 7.11. The lowest BCUT2D eigenvalue weighted by Crippen LogP contribution is -2.30. The lowest BCUT2D eigenvalue weighted by Gasteiger charge is -2.15. The Morgan fingerprint density at radius 2 is 2.00 bits per heavy atom. The van der Waals surface area contributed by atoms with Crippen molar-refractivity contribution in [3.05, 3.63) is 70.1 Å². The highest BCUT2D eigenvalue weighted by Crippen LogP contribution is 2.23. The van der Waals surface area contributed by atoms with Crippen LogP contribution in [0.25, 0.3) is 11.0 Å². The minimum Gasteiger partial charge on any atom is -0.481 e. The summed E-state index contributed by atoms with van der Waals surface area (Å²) in [6, 6.07) is 15.2. The minimum atomic E-state index is -0.810.